The van der Waals surface area contributed by atoms with Crippen LogP contribution in [-0.4, -0.2) is 45.1 Å². The number of ether oxygens (including phenoxy) is 4. The number of rotatable bonds is 11. The molecule has 0 spiro atoms. The summed E-state index contributed by atoms with van der Waals surface area (Å²) in [6.07, 6.45) is 0.918. The van der Waals surface area contributed by atoms with Crippen molar-refractivity contribution >= 4 is 23.2 Å². The molecule has 2 rings (SSSR count). The molecule has 0 saturated carbocycles. The van der Waals surface area contributed by atoms with Crippen LogP contribution in [-0.2, 0) is 11.3 Å². The number of benzene rings is 2. The van der Waals surface area contributed by atoms with E-state index in [4.69, 9.17) is 31.2 Å². The van der Waals surface area contributed by atoms with E-state index in [9.17, 15) is 4.79 Å². The van der Waals surface area contributed by atoms with Gasteiger partial charge in [0.2, 0.25) is 0 Å². The Morgan fingerprint density at radius 2 is 1.73 bits per heavy atom. The topological polar surface area (TPSA) is 78.1 Å². The lowest BCUT2D eigenvalue weighted by Crippen LogP contribution is -2.39. The largest absolute Gasteiger partial charge is 0.493 e. The normalized spacial score (nSPS) is 10.2. The van der Waals surface area contributed by atoms with Crippen molar-refractivity contribution in [3.05, 3.63) is 53.6 Å². The Hall–Kier alpha value is -2.84. The maximum Gasteiger partial charge on any atom is 0.261 e. The van der Waals surface area contributed by atoms with Crippen LogP contribution < -0.4 is 24.8 Å². The molecule has 7 nitrogen and oxygen atoms in total. The average molecular weight is 433 g/mol. The molecule has 0 saturated heterocycles. The van der Waals surface area contributed by atoms with Gasteiger partial charge in [0.25, 0.3) is 5.91 Å². The Morgan fingerprint density at radius 3 is 2.47 bits per heavy atom. The lowest BCUT2D eigenvalue weighted by Gasteiger charge is -2.14. The zero-order chi connectivity index (χ0) is 21.8. The summed E-state index contributed by atoms with van der Waals surface area (Å²) in [4.78, 5) is 12.6. The van der Waals surface area contributed by atoms with Gasteiger partial charge in [-0.25, -0.2) is 0 Å². The van der Waals surface area contributed by atoms with Crippen molar-refractivity contribution in [3.63, 3.8) is 0 Å². The summed E-state index contributed by atoms with van der Waals surface area (Å²) in [5.41, 5.74) is 1.34. The van der Waals surface area contributed by atoms with Crippen LogP contribution >= 0.6 is 12.2 Å². The second kappa shape index (κ2) is 12.7. The van der Waals surface area contributed by atoms with Gasteiger partial charge in [0.1, 0.15) is 12.4 Å². The predicted octanol–water partition coefficient (Wildman–Crippen LogP) is 3.31. The van der Waals surface area contributed by atoms with Gasteiger partial charge in [0.15, 0.2) is 16.6 Å². The van der Waals surface area contributed by atoms with E-state index >= 15 is 0 Å². The van der Waals surface area contributed by atoms with E-state index in [-0.39, 0.29) is 11.0 Å². The third kappa shape index (κ3) is 7.20. The number of para-hydroxylation sites is 1. The van der Waals surface area contributed by atoms with E-state index in [2.05, 4.69) is 10.6 Å². The van der Waals surface area contributed by atoms with Crippen LogP contribution in [0.4, 0.5) is 0 Å². The highest BCUT2D eigenvalue weighted by Gasteiger charge is 2.14. The smallest absolute Gasteiger partial charge is 0.261 e. The Morgan fingerprint density at radius 1 is 0.967 bits per heavy atom. The molecule has 30 heavy (non-hydrogen) atoms. The van der Waals surface area contributed by atoms with E-state index in [0.29, 0.717) is 49.2 Å². The Bertz CT molecular complexity index is 844. The molecule has 0 unspecified atom stereocenters. The second-order valence-electron chi connectivity index (χ2n) is 6.31. The number of hydrogen-bond donors (Lipinski definition) is 2. The number of methoxy groups -OCH3 is 2. The highest BCUT2D eigenvalue weighted by molar-refractivity contribution is 7.80. The summed E-state index contributed by atoms with van der Waals surface area (Å²) in [5.74, 6) is 1.48. The summed E-state index contributed by atoms with van der Waals surface area (Å²) in [7, 11) is 3.19. The van der Waals surface area contributed by atoms with Crippen molar-refractivity contribution in [2.24, 2.45) is 0 Å². The Balaban J connectivity index is 1.92. The molecular formula is C22H28N2O5S. The van der Waals surface area contributed by atoms with Crippen molar-refractivity contribution in [3.8, 4) is 17.2 Å². The van der Waals surface area contributed by atoms with Gasteiger partial charge in [-0.05, 0) is 48.5 Å². The maximum atomic E-state index is 12.6. The lowest BCUT2D eigenvalue weighted by atomic mass is 10.2. The van der Waals surface area contributed by atoms with Gasteiger partial charge in [0.05, 0.1) is 25.9 Å². The lowest BCUT2D eigenvalue weighted by molar-refractivity contribution is 0.0968. The molecule has 0 aromatic heterocycles. The molecule has 0 fully saturated rings. The molecule has 8 heteroatoms. The van der Waals surface area contributed by atoms with Crippen molar-refractivity contribution in [1.82, 2.24) is 10.6 Å². The van der Waals surface area contributed by atoms with Crippen LogP contribution in [0.25, 0.3) is 0 Å². The van der Waals surface area contributed by atoms with Crippen LogP contribution in [0.15, 0.2) is 42.5 Å². The summed E-state index contributed by atoms with van der Waals surface area (Å²) in [6.45, 7) is 3.88. The number of nitrogens with one attached hydrogen (secondary N) is 2. The number of amides is 1. The zero-order valence-corrected chi connectivity index (χ0v) is 18.3. The minimum Gasteiger partial charge on any atom is -0.493 e. The fraction of sp³-hybridized carbons (Fsp3) is 0.364. The molecule has 0 aliphatic heterocycles. The molecule has 0 aliphatic carbocycles. The fourth-order valence-electron chi connectivity index (χ4n) is 2.57. The zero-order valence-electron chi connectivity index (χ0n) is 17.5. The fourth-order valence-corrected chi connectivity index (χ4v) is 2.73. The average Bonchev–Trinajstić information content (AvgIpc) is 2.77. The highest BCUT2D eigenvalue weighted by Crippen LogP contribution is 2.28. The summed E-state index contributed by atoms with van der Waals surface area (Å²) in [5, 5.41) is 5.93. The monoisotopic (exact) mass is 432 g/mol. The van der Waals surface area contributed by atoms with Crippen LogP contribution in [0.3, 0.4) is 0 Å². The quantitative estimate of drug-likeness (QED) is 0.417. The van der Waals surface area contributed by atoms with Gasteiger partial charge in [-0.3, -0.25) is 10.1 Å². The predicted molar refractivity (Wildman–Crippen MR) is 119 cm³/mol. The molecule has 2 aromatic carbocycles. The molecule has 2 aromatic rings. The van der Waals surface area contributed by atoms with E-state index in [1.165, 1.54) is 0 Å². The maximum absolute atomic E-state index is 12.6. The van der Waals surface area contributed by atoms with E-state index in [0.717, 1.165) is 12.0 Å². The van der Waals surface area contributed by atoms with Crippen LogP contribution in [0, 0.1) is 0 Å². The van der Waals surface area contributed by atoms with Gasteiger partial charge in [0, 0.05) is 13.7 Å². The van der Waals surface area contributed by atoms with E-state index in [1.54, 1.807) is 38.5 Å². The van der Waals surface area contributed by atoms with Crippen LogP contribution in [0.1, 0.15) is 29.3 Å². The number of thiocarbonyl (C=S) groups is 1. The van der Waals surface area contributed by atoms with Crippen molar-refractivity contribution < 1.29 is 23.7 Å². The summed E-state index contributed by atoms with van der Waals surface area (Å²) >= 11 is 5.26. The molecule has 1 amide bonds. The molecule has 2 N–H and O–H groups in total. The minimum absolute atomic E-state index is 0.219. The molecule has 162 valence electrons. The van der Waals surface area contributed by atoms with E-state index in [1.807, 2.05) is 25.1 Å². The number of carbonyl (C=O) groups excluding carboxylic acids is 1. The standard InChI is InChI=1S/C22H28N2O5S/c1-4-11-28-19-10-9-16(14-20(19)27-3)15-23-22(30)24-21(25)17-7-5-6-8-18(17)29-13-12-26-2/h5-10,14H,4,11-13,15H2,1-3H3,(H2,23,24,25,30). The van der Waals surface area contributed by atoms with Crippen molar-refractivity contribution in [2.75, 3.05) is 34.0 Å². The first-order chi connectivity index (χ1) is 14.6. The third-order valence-electron chi connectivity index (χ3n) is 4.05. The van der Waals surface area contributed by atoms with Crippen molar-refractivity contribution in [2.45, 2.75) is 19.9 Å². The molecule has 0 radical (unpaired) electrons. The van der Waals surface area contributed by atoms with Gasteiger partial charge in [-0.1, -0.05) is 25.1 Å². The highest BCUT2D eigenvalue weighted by atomic mass is 32.1. The first-order valence-corrected chi connectivity index (χ1v) is 10.1. The van der Waals surface area contributed by atoms with E-state index < -0.39 is 0 Å². The number of hydrogen-bond acceptors (Lipinski definition) is 6. The van der Waals surface area contributed by atoms with Crippen LogP contribution in [0.5, 0.6) is 17.2 Å². The van der Waals surface area contributed by atoms with Gasteiger partial charge < -0.3 is 24.3 Å². The first-order valence-electron chi connectivity index (χ1n) is 9.68. The SMILES string of the molecule is CCCOc1ccc(CNC(=S)NC(=O)c2ccccc2OCCOC)cc1OC. The van der Waals surface area contributed by atoms with Gasteiger partial charge in [-0.2, -0.15) is 0 Å². The van der Waals surface area contributed by atoms with Gasteiger partial charge in [-0.15, -0.1) is 0 Å². The molecular weight excluding hydrogens is 404 g/mol. The van der Waals surface area contributed by atoms with Crippen LogP contribution in [0.2, 0.25) is 0 Å². The Kier molecular flexibility index (Phi) is 9.90. The molecule has 0 heterocycles. The van der Waals surface area contributed by atoms with Gasteiger partial charge >= 0.3 is 0 Å². The molecule has 0 aliphatic rings. The third-order valence-corrected chi connectivity index (χ3v) is 4.29. The first kappa shape index (κ1) is 23.4. The molecule has 0 bridgehead atoms. The summed E-state index contributed by atoms with van der Waals surface area (Å²) in [6, 6.07) is 12.6. The number of carbonyl (C=O) groups is 1. The minimum atomic E-state index is -0.346. The second-order valence-corrected chi connectivity index (χ2v) is 6.72. The Labute approximate surface area is 182 Å². The van der Waals surface area contributed by atoms with Crippen molar-refractivity contribution in [1.29, 1.82) is 0 Å². The molecule has 0 atom stereocenters. The summed E-state index contributed by atoms with van der Waals surface area (Å²) < 4.78 is 21.6.